The first-order valence-electron chi connectivity index (χ1n) is 10.7. The summed E-state index contributed by atoms with van der Waals surface area (Å²) in [6, 6.07) is 16.7. The summed E-state index contributed by atoms with van der Waals surface area (Å²) in [4.78, 5) is 32.5. The summed E-state index contributed by atoms with van der Waals surface area (Å²) >= 11 is 4.69. The average Bonchev–Trinajstić information content (AvgIpc) is 3.37. The van der Waals surface area contributed by atoms with Crippen LogP contribution in [0.2, 0.25) is 0 Å². The second-order valence-electron chi connectivity index (χ2n) is 7.79. The predicted molar refractivity (Wildman–Crippen MR) is 136 cm³/mol. The molecule has 1 amide bonds. The average molecular weight is 553 g/mol. The third kappa shape index (κ3) is 4.21. The molecule has 1 aliphatic heterocycles. The van der Waals surface area contributed by atoms with Gasteiger partial charge in [0.05, 0.1) is 28.4 Å². The highest BCUT2D eigenvalue weighted by Crippen LogP contribution is 2.45. The number of rotatable bonds is 5. The van der Waals surface area contributed by atoms with Crippen molar-refractivity contribution >= 4 is 60.1 Å². The Bertz CT molecular complexity index is 1500. The fourth-order valence-corrected chi connectivity index (χ4v) is 5.48. The molecular weight excluding hydrogens is 535 g/mol. The predicted octanol–water partition coefficient (Wildman–Crippen LogP) is 6.22. The molecule has 5 rings (SSSR count). The maximum Gasteiger partial charge on any atom is 0.301 e. The van der Waals surface area contributed by atoms with Gasteiger partial charge in [0.25, 0.3) is 5.78 Å². The van der Waals surface area contributed by atoms with Gasteiger partial charge in [0, 0.05) is 10.0 Å². The van der Waals surface area contributed by atoms with Crippen LogP contribution in [0, 0.1) is 5.82 Å². The van der Waals surface area contributed by atoms with Crippen molar-refractivity contribution in [3.63, 3.8) is 0 Å². The van der Waals surface area contributed by atoms with E-state index in [-0.39, 0.29) is 16.9 Å². The van der Waals surface area contributed by atoms with Crippen molar-refractivity contribution in [1.82, 2.24) is 4.98 Å². The molecule has 0 saturated carbocycles. The minimum Gasteiger partial charge on any atom is -0.507 e. The summed E-state index contributed by atoms with van der Waals surface area (Å²) in [5.74, 6) is -1.83. The van der Waals surface area contributed by atoms with Crippen LogP contribution in [0.5, 0.6) is 5.75 Å². The molecule has 0 bridgehead atoms. The number of ether oxygens (including phenoxy) is 1. The van der Waals surface area contributed by atoms with Crippen LogP contribution in [-0.2, 0) is 9.59 Å². The van der Waals surface area contributed by atoms with Crippen LogP contribution in [0.1, 0.15) is 24.1 Å². The number of benzene rings is 3. The van der Waals surface area contributed by atoms with E-state index in [2.05, 4.69) is 20.9 Å². The topological polar surface area (TPSA) is 79.7 Å². The van der Waals surface area contributed by atoms with Crippen LogP contribution in [0.3, 0.4) is 0 Å². The van der Waals surface area contributed by atoms with Gasteiger partial charge in [-0.05, 0) is 67.1 Å². The summed E-state index contributed by atoms with van der Waals surface area (Å²) < 4.78 is 20.6. The molecule has 1 atom stereocenters. The molecule has 0 aliphatic carbocycles. The van der Waals surface area contributed by atoms with Crippen molar-refractivity contribution in [3.8, 4) is 5.75 Å². The van der Waals surface area contributed by atoms with Gasteiger partial charge in [-0.25, -0.2) is 9.37 Å². The lowest BCUT2D eigenvalue weighted by molar-refractivity contribution is -0.132. The molecule has 1 N–H and O–H groups in total. The van der Waals surface area contributed by atoms with Crippen molar-refractivity contribution in [3.05, 3.63) is 93.7 Å². The van der Waals surface area contributed by atoms with Gasteiger partial charge in [0.1, 0.15) is 17.3 Å². The number of carbonyl (C=O) groups excluding carboxylic acids is 2. The van der Waals surface area contributed by atoms with Gasteiger partial charge >= 0.3 is 5.91 Å². The van der Waals surface area contributed by atoms with Gasteiger partial charge in [-0.1, -0.05) is 39.4 Å². The fraction of sp³-hybridized carbons (Fsp3) is 0.115. The standard InChI is InChI=1S/C26H18BrFN2O4S/c1-2-34-18-10-11-19-20(13-18)35-26(29-19)30-22(15-4-3-5-16(27)12-15)21(24(32)25(30)33)23(31)14-6-8-17(28)9-7-14/h3-13,22,31H,2H2,1H3/t22-/m0/s1. The van der Waals surface area contributed by atoms with Crippen molar-refractivity contribution in [2.45, 2.75) is 13.0 Å². The number of aliphatic hydroxyl groups excluding tert-OH is 1. The molecule has 4 aromatic rings. The second kappa shape index (κ2) is 9.24. The van der Waals surface area contributed by atoms with E-state index >= 15 is 0 Å². The van der Waals surface area contributed by atoms with Crippen molar-refractivity contribution < 1.29 is 23.8 Å². The second-order valence-corrected chi connectivity index (χ2v) is 9.71. The molecule has 35 heavy (non-hydrogen) atoms. The van der Waals surface area contributed by atoms with E-state index in [1.807, 2.05) is 19.1 Å². The van der Waals surface area contributed by atoms with E-state index in [9.17, 15) is 19.1 Å². The lowest BCUT2D eigenvalue weighted by Crippen LogP contribution is -2.29. The number of nitrogens with zero attached hydrogens (tertiary/aromatic N) is 2. The Morgan fingerprint density at radius 3 is 2.63 bits per heavy atom. The maximum atomic E-state index is 13.5. The number of hydrogen-bond acceptors (Lipinski definition) is 6. The Morgan fingerprint density at radius 2 is 1.91 bits per heavy atom. The van der Waals surface area contributed by atoms with E-state index in [0.717, 1.165) is 9.17 Å². The zero-order chi connectivity index (χ0) is 24.7. The third-order valence-corrected chi connectivity index (χ3v) is 7.10. The first kappa shape index (κ1) is 23.2. The normalized spacial score (nSPS) is 17.3. The molecule has 1 aliphatic rings. The number of aliphatic hydroxyl groups is 1. The molecule has 1 fully saturated rings. The van der Waals surface area contributed by atoms with Crippen LogP contribution >= 0.6 is 27.3 Å². The highest BCUT2D eigenvalue weighted by molar-refractivity contribution is 9.10. The van der Waals surface area contributed by atoms with E-state index in [4.69, 9.17) is 4.74 Å². The van der Waals surface area contributed by atoms with Crippen LogP contribution in [-0.4, -0.2) is 28.4 Å². The largest absolute Gasteiger partial charge is 0.507 e. The molecule has 3 aromatic carbocycles. The third-order valence-electron chi connectivity index (χ3n) is 5.59. The number of thiazole rings is 1. The van der Waals surface area contributed by atoms with Crippen LogP contribution < -0.4 is 9.64 Å². The maximum absolute atomic E-state index is 13.5. The summed E-state index contributed by atoms with van der Waals surface area (Å²) in [5.41, 5.74) is 1.41. The van der Waals surface area contributed by atoms with Gasteiger partial charge in [-0.15, -0.1) is 0 Å². The number of hydrogen-bond donors (Lipinski definition) is 1. The molecule has 1 aromatic heterocycles. The van der Waals surface area contributed by atoms with Crippen molar-refractivity contribution in [2.75, 3.05) is 11.5 Å². The Balaban J connectivity index is 1.70. The van der Waals surface area contributed by atoms with E-state index in [0.29, 0.717) is 28.6 Å². The molecule has 1 saturated heterocycles. The molecule has 0 spiro atoms. The van der Waals surface area contributed by atoms with Crippen molar-refractivity contribution in [2.24, 2.45) is 0 Å². The van der Waals surface area contributed by atoms with E-state index in [1.54, 1.807) is 30.3 Å². The highest BCUT2D eigenvalue weighted by Gasteiger charge is 2.48. The zero-order valence-corrected chi connectivity index (χ0v) is 20.8. The molecule has 2 heterocycles. The molecule has 9 heteroatoms. The molecular formula is C26H18BrFN2O4S. The van der Waals surface area contributed by atoms with Crippen LogP contribution in [0.15, 0.2) is 76.8 Å². The Morgan fingerprint density at radius 1 is 1.14 bits per heavy atom. The number of fused-ring (bicyclic) bond motifs is 1. The summed E-state index contributed by atoms with van der Waals surface area (Å²) in [6.45, 7) is 2.40. The number of Topliss-reactive ketones (excluding diaryl/α,β-unsaturated/α-hetero) is 1. The number of ketones is 1. The fourth-order valence-electron chi connectivity index (χ4n) is 4.04. The van der Waals surface area contributed by atoms with Crippen molar-refractivity contribution in [1.29, 1.82) is 0 Å². The molecule has 176 valence electrons. The van der Waals surface area contributed by atoms with Gasteiger partial charge in [-0.2, -0.15) is 0 Å². The van der Waals surface area contributed by atoms with Gasteiger partial charge < -0.3 is 9.84 Å². The van der Waals surface area contributed by atoms with Gasteiger partial charge in [-0.3, -0.25) is 14.5 Å². The molecule has 6 nitrogen and oxygen atoms in total. The zero-order valence-electron chi connectivity index (χ0n) is 18.4. The smallest absolute Gasteiger partial charge is 0.301 e. The number of amides is 1. The Labute approximate surface area is 212 Å². The number of aromatic nitrogens is 1. The lowest BCUT2D eigenvalue weighted by atomic mass is 9.95. The Kier molecular flexibility index (Phi) is 6.12. The number of halogens is 2. The first-order chi connectivity index (χ1) is 16.9. The highest BCUT2D eigenvalue weighted by atomic mass is 79.9. The SMILES string of the molecule is CCOc1ccc2nc(N3C(=O)C(=O)C(=C(O)c4ccc(F)cc4)[C@@H]3c3cccc(Br)c3)sc2c1. The lowest BCUT2D eigenvalue weighted by Gasteiger charge is -2.23. The minimum absolute atomic E-state index is 0.0889. The van der Waals surface area contributed by atoms with Crippen LogP contribution in [0.25, 0.3) is 16.0 Å². The number of anilines is 1. The molecule has 0 unspecified atom stereocenters. The number of carbonyl (C=O) groups is 2. The van der Waals surface area contributed by atoms with Gasteiger partial charge in [0.2, 0.25) is 0 Å². The molecule has 0 radical (unpaired) electrons. The summed E-state index contributed by atoms with van der Waals surface area (Å²) in [6.07, 6.45) is 0. The monoisotopic (exact) mass is 552 g/mol. The minimum atomic E-state index is -0.926. The Hall–Kier alpha value is -3.56. The summed E-state index contributed by atoms with van der Waals surface area (Å²) in [5, 5.41) is 11.4. The quantitative estimate of drug-likeness (QED) is 0.180. The van der Waals surface area contributed by atoms with E-state index < -0.39 is 23.5 Å². The van der Waals surface area contributed by atoms with Gasteiger partial charge in [0.15, 0.2) is 5.13 Å². The van der Waals surface area contributed by atoms with E-state index in [1.165, 1.54) is 40.5 Å². The summed E-state index contributed by atoms with van der Waals surface area (Å²) in [7, 11) is 0. The first-order valence-corrected chi connectivity index (χ1v) is 12.3. The van der Waals surface area contributed by atoms with Crippen LogP contribution in [0.4, 0.5) is 9.52 Å².